The third kappa shape index (κ3) is 7.71. The summed E-state index contributed by atoms with van der Waals surface area (Å²) in [5.74, 6) is -2.34. The highest BCUT2D eigenvalue weighted by Crippen LogP contribution is 2.34. The molecular weight excluding hydrogens is 766 g/mol. The molecule has 5 unspecified atom stereocenters. The molecule has 0 spiro atoms. The average molecular weight is 807 g/mol. The van der Waals surface area contributed by atoms with E-state index in [1.807, 2.05) is 0 Å². The Morgan fingerprint density at radius 3 is 1.36 bits per heavy atom. The maximum atomic E-state index is 13.9. The summed E-state index contributed by atoms with van der Waals surface area (Å²) in [5.41, 5.74) is 1.40. The normalized spacial score (nSPS) is 27.3. The van der Waals surface area contributed by atoms with Crippen LogP contribution in [0.25, 0.3) is 22.5 Å². The third-order valence-corrected chi connectivity index (χ3v) is 10.4. The Kier molecular flexibility index (Phi) is 11.7. The second-order valence-electron chi connectivity index (χ2n) is 14.0. The number of benzene rings is 3. The largest absolute Gasteiger partial charge is 0.394 e. The molecule has 306 valence electrons. The Morgan fingerprint density at radius 1 is 0.638 bits per heavy atom. The van der Waals surface area contributed by atoms with Gasteiger partial charge in [-0.1, -0.05) is 34.7 Å². The minimum absolute atomic E-state index is 0.0626. The van der Waals surface area contributed by atoms with Crippen LogP contribution in [-0.2, 0) is 9.47 Å². The molecule has 0 saturated carbocycles. The number of aromatic nitrogens is 6. The van der Waals surface area contributed by atoms with Crippen molar-refractivity contribution in [1.82, 2.24) is 39.8 Å². The van der Waals surface area contributed by atoms with Crippen molar-refractivity contribution in [1.29, 1.82) is 0 Å². The van der Waals surface area contributed by atoms with Crippen LogP contribution in [0.15, 0.2) is 85.2 Å². The molecule has 0 bridgehead atoms. The lowest BCUT2D eigenvalue weighted by Gasteiger charge is -2.45. The predicted octanol–water partition coefficient (Wildman–Crippen LogP) is -0.0136. The smallest absolute Gasteiger partial charge is 0.255 e. The summed E-state index contributed by atoms with van der Waals surface area (Å²) in [6.45, 7) is -1.35. The summed E-state index contributed by atoms with van der Waals surface area (Å²) in [6.07, 6.45) is -8.72. The SMILES string of the molecule is CN(C(=O)c1ccc(C(=O)N(C)[C@@H]2OC(CO)[C@H](O)C(n3cc(-c4cccc(F)c4)nn3)[C@@H]2O)cc1)[C@@H]1OC(CO)[C@H](O)C(n2cc(-c3cccc(F)c3)nn2)C1O. The number of halogens is 2. The first-order valence-corrected chi connectivity index (χ1v) is 18.1. The van der Waals surface area contributed by atoms with Gasteiger partial charge in [-0.2, -0.15) is 0 Å². The molecule has 0 aliphatic carbocycles. The van der Waals surface area contributed by atoms with Crippen molar-refractivity contribution in [3.8, 4) is 22.5 Å². The molecular formula is C38H40F2N8O10. The Hall–Kier alpha value is -5.58. The number of ether oxygens (including phenoxy) is 2. The Balaban J connectivity index is 1.06. The zero-order chi connectivity index (χ0) is 41.4. The number of amides is 2. The number of nitrogens with zero attached hydrogens (tertiary/aromatic N) is 8. The number of rotatable bonds is 10. The quantitative estimate of drug-likeness (QED) is 0.109. The van der Waals surface area contributed by atoms with Gasteiger partial charge in [0.25, 0.3) is 11.8 Å². The van der Waals surface area contributed by atoms with Gasteiger partial charge in [-0.15, -0.1) is 10.2 Å². The van der Waals surface area contributed by atoms with E-state index >= 15 is 0 Å². The highest BCUT2D eigenvalue weighted by atomic mass is 19.1. The van der Waals surface area contributed by atoms with Gasteiger partial charge in [-0.25, -0.2) is 18.1 Å². The van der Waals surface area contributed by atoms with Crippen LogP contribution in [0.3, 0.4) is 0 Å². The number of aliphatic hydroxyl groups excluding tert-OH is 6. The predicted molar refractivity (Wildman–Crippen MR) is 195 cm³/mol. The molecule has 2 amide bonds. The highest BCUT2D eigenvalue weighted by Gasteiger charge is 2.50. The summed E-state index contributed by atoms with van der Waals surface area (Å²) < 4.78 is 41.6. The number of hydrogen-bond acceptors (Lipinski definition) is 14. The fourth-order valence-electron chi connectivity index (χ4n) is 7.23. The van der Waals surface area contributed by atoms with E-state index in [0.29, 0.717) is 11.1 Å². The van der Waals surface area contributed by atoms with Gasteiger partial charge in [-0.3, -0.25) is 9.59 Å². The van der Waals surface area contributed by atoms with Crippen LogP contribution in [0.1, 0.15) is 32.8 Å². The van der Waals surface area contributed by atoms with Gasteiger partial charge in [0.15, 0.2) is 12.5 Å². The second-order valence-corrected chi connectivity index (χ2v) is 14.0. The van der Waals surface area contributed by atoms with Crippen molar-refractivity contribution < 1.29 is 58.5 Å². The van der Waals surface area contributed by atoms with Crippen LogP contribution in [0, 0.1) is 11.6 Å². The van der Waals surface area contributed by atoms with E-state index in [2.05, 4.69) is 20.6 Å². The zero-order valence-electron chi connectivity index (χ0n) is 30.9. The van der Waals surface area contributed by atoms with E-state index in [0.717, 1.165) is 19.2 Å². The molecule has 2 aromatic heterocycles. The standard InChI is InChI=1S/C38H40F2N8O10/c1-45(37-33(53)29(31(51)27(17-49)57-37)47-15-25(41-43-47)21-5-3-7-23(39)13-21)35(55)19-9-11-20(12-10-19)36(56)46(2)38-34(54)30(32(52)28(18-50)58-38)48-16-26(42-44-48)22-6-4-8-24(40)14-22/h3-16,27-34,37-38,49-54H,17-18H2,1-2H3/t27?,28?,29?,30?,31-,32-,33-,34?,37+,38+/m0/s1. The van der Waals surface area contributed by atoms with Crippen LogP contribution >= 0.6 is 0 Å². The average Bonchev–Trinajstić information content (AvgIpc) is 3.92. The van der Waals surface area contributed by atoms with Gasteiger partial charge in [0.05, 0.1) is 25.6 Å². The maximum Gasteiger partial charge on any atom is 0.255 e. The lowest BCUT2D eigenvalue weighted by molar-refractivity contribution is -0.235. The highest BCUT2D eigenvalue weighted by molar-refractivity contribution is 5.98. The molecule has 2 aliphatic rings. The van der Waals surface area contributed by atoms with Crippen LogP contribution in [0.4, 0.5) is 8.78 Å². The first-order chi connectivity index (χ1) is 27.8. The van der Waals surface area contributed by atoms with Gasteiger partial charge in [-0.05, 0) is 48.5 Å². The Morgan fingerprint density at radius 2 is 1.02 bits per heavy atom. The molecule has 7 rings (SSSR count). The molecule has 18 nitrogen and oxygen atoms in total. The molecule has 4 heterocycles. The summed E-state index contributed by atoms with van der Waals surface area (Å²) in [4.78, 5) is 29.6. The van der Waals surface area contributed by atoms with E-state index in [-0.39, 0.29) is 22.5 Å². The van der Waals surface area contributed by atoms with Gasteiger partial charge >= 0.3 is 0 Å². The van der Waals surface area contributed by atoms with Crippen LogP contribution < -0.4 is 0 Å². The van der Waals surface area contributed by atoms with E-state index < -0.39 is 97.8 Å². The molecule has 2 saturated heterocycles. The molecule has 10 atom stereocenters. The van der Waals surface area contributed by atoms with Crippen molar-refractivity contribution in [3.63, 3.8) is 0 Å². The summed E-state index contributed by atoms with van der Waals surface area (Å²) in [6, 6.07) is 14.1. The fourth-order valence-corrected chi connectivity index (χ4v) is 7.23. The number of carbonyl (C=O) groups is 2. The van der Waals surface area contributed by atoms with Crippen LogP contribution in [-0.4, -0.2) is 159 Å². The van der Waals surface area contributed by atoms with Crippen LogP contribution in [0.5, 0.6) is 0 Å². The lowest BCUT2D eigenvalue weighted by Crippen LogP contribution is -2.61. The van der Waals surface area contributed by atoms with Gasteiger partial charge in [0.1, 0.15) is 71.7 Å². The van der Waals surface area contributed by atoms with Crippen molar-refractivity contribution >= 4 is 11.8 Å². The van der Waals surface area contributed by atoms with Crippen molar-refractivity contribution in [2.75, 3.05) is 27.3 Å². The van der Waals surface area contributed by atoms with E-state index in [9.17, 15) is 49.0 Å². The zero-order valence-corrected chi connectivity index (χ0v) is 30.9. The maximum absolute atomic E-state index is 13.9. The monoisotopic (exact) mass is 806 g/mol. The van der Waals surface area contributed by atoms with Gasteiger partial charge < -0.3 is 49.9 Å². The number of likely N-dealkylation sites (N-methyl/N-ethyl adjacent to an activating group) is 2. The van der Waals surface area contributed by atoms with E-state index in [4.69, 9.17) is 9.47 Å². The van der Waals surface area contributed by atoms with Crippen molar-refractivity contribution in [2.45, 2.75) is 61.2 Å². The number of aliphatic hydroxyl groups is 6. The number of hydrogen-bond donors (Lipinski definition) is 6. The Bertz CT molecular complexity index is 2090. The molecule has 20 heteroatoms. The lowest BCUT2D eigenvalue weighted by atomic mass is 9.94. The van der Waals surface area contributed by atoms with E-state index in [1.165, 1.54) is 87.2 Å². The molecule has 6 N–H and O–H groups in total. The topological polar surface area (TPSA) is 242 Å². The molecule has 58 heavy (non-hydrogen) atoms. The summed E-state index contributed by atoms with van der Waals surface area (Å²) >= 11 is 0. The van der Waals surface area contributed by atoms with Gasteiger partial charge in [0.2, 0.25) is 0 Å². The minimum atomic E-state index is -1.60. The van der Waals surface area contributed by atoms with Crippen molar-refractivity contribution in [3.05, 3.63) is 108 Å². The minimum Gasteiger partial charge on any atom is -0.394 e. The summed E-state index contributed by atoms with van der Waals surface area (Å²) in [7, 11) is 2.68. The summed E-state index contributed by atoms with van der Waals surface area (Å²) in [5, 5.41) is 81.1. The van der Waals surface area contributed by atoms with Crippen LogP contribution in [0.2, 0.25) is 0 Å². The second kappa shape index (κ2) is 16.7. The fraction of sp³-hybridized carbons (Fsp3) is 0.368. The molecule has 3 aromatic carbocycles. The van der Waals surface area contributed by atoms with Crippen molar-refractivity contribution in [2.24, 2.45) is 0 Å². The van der Waals surface area contributed by atoms with E-state index in [1.54, 1.807) is 12.1 Å². The number of carbonyl (C=O) groups excluding carboxylic acids is 2. The first kappa shape index (κ1) is 40.6. The molecule has 5 aromatic rings. The molecule has 2 aliphatic heterocycles. The Labute approximate surface area is 328 Å². The third-order valence-electron chi connectivity index (χ3n) is 10.4. The molecule has 0 radical (unpaired) electrons. The molecule has 2 fully saturated rings. The van der Waals surface area contributed by atoms with Gasteiger partial charge in [0, 0.05) is 36.3 Å². The first-order valence-electron chi connectivity index (χ1n) is 18.1.